The van der Waals surface area contributed by atoms with Crippen LogP contribution >= 0.6 is 24.8 Å². The SMILES string of the molecule is Cc1ccc(N)cc1C(=O)NCC(C)N(C)C1CC1.Cl.Cl. The molecule has 1 aromatic rings. The molecule has 1 saturated carbocycles. The van der Waals surface area contributed by atoms with Crippen LogP contribution in [0.3, 0.4) is 0 Å². The highest BCUT2D eigenvalue weighted by Crippen LogP contribution is 2.26. The molecule has 3 N–H and O–H groups in total. The molecule has 6 heteroatoms. The molecule has 0 spiro atoms. The third-order valence-electron chi connectivity index (χ3n) is 3.88. The second-order valence-corrected chi connectivity index (χ2v) is 5.53. The molecule has 1 fully saturated rings. The number of nitrogens with zero attached hydrogens (tertiary/aromatic N) is 1. The highest BCUT2D eigenvalue weighted by Gasteiger charge is 2.29. The van der Waals surface area contributed by atoms with E-state index in [9.17, 15) is 4.79 Å². The van der Waals surface area contributed by atoms with Crippen LogP contribution in [0.5, 0.6) is 0 Å². The molecule has 0 saturated heterocycles. The highest BCUT2D eigenvalue weighted by atomic mass is 35.5. The van der Waals surface area contributed by atoms with Crippen molar-refractivity contribution < 1.29 is 4.79 Å². The van der Waals surface area contributed by atoms with E-state index in [1.165, 1.54) is 12.8 Å². The van der Waals surface area contributed by atoms with E-state index < -0.39 is 0 Å². The van der Waals surface area contributed by atoms with Gasteiger partial charge in [-0.25, -0.2) is 0 Å². The highest BCUT2D eigenvalue weighted by molar-refractivity contribution is 5.96. The second kappa shape index (κ2) is 8.47. The first-order valence-corrected chi connectivity index (χ1v) is 6.85. The molecule has 0 radical (unpaired) electrons. The number of nitrogens with one attached hydrogen (secondary N) is 1. The van der Waals surface area contributed by atoms with Gasteiger partial charge < -0.3 is 11.1 Å². The molecule has 2 rings (SSSR count). The fourth-order valence-corrected chi connectivity index (χ4v) is 2.21. The van der Waals surface area contributed by atoms with Gasteiger partial charge in [0.1, 0.15) is 0 Å². The maximum absolute atomic E-state index is 12.1. The molecule has 1 atom stereocenters. The third kappa shape index (κ3) is 5.38. The molecule has 1 aliphatic carbocycles. The van der Waals surface area contributed by atoms with Crippen LogP contribution in [0.25, 0.3) is 0 Å². The summed E-state index contributed by atoms with van der Waals surface area (Å²) in [5.74, 6) is -0.0409. The molecule has 1 aromatic carbocycles. The lowest BCUT2D eigenvalue weighted by molar-refractivity contribution is 0.0939. The predicted molar refractivity (Wildman–Crippen MR) is 92.7 cm³/mol. The van der Waals surface area contributed by atoms with Crippen molar-refractivity contribution in [3.8, 4) is 0 Å². The number of likely N-dealkylation sites (N-methyl/N-ethyl adjacent to an activating group) is 1. The van der Waals surface area contributed by atoms with Crippen molar-refractivity contribution >= 4 is 36.4 Å². The number of carbonyl (C=O) groups excluding carboxylic acids is 1. The van der Waals surface area contributed by atoms with E-state index in [2.05, 4.69) is 24.2 Å². The van der Waals surface area contributed by atoms with Crippen LogP contribution in [-0.2, 0) is 0 Å². The fraction of sp³-hybridized carbons (Fsp3) is 0.533. The van der Waals surface area contributed by atoms with E-state index in [1.54, 1.807) is 6.07 Å². The fourth-order valence-electron chi connectivity index (χ4n) is 2.21. The van der Waals surface area contributed by atoms with Gasteiger partial charge in [-0.05, 0) is 51.4 Å². The van der Waals surface area contributed by atoms with Crippen molar-refractivity contribution in [2.75, 3.05) is 19.3 Å². The van der Waals surface area contributed by atoms with Crippen LogP contribution in [0.4, 0.5) is 5.69 Å². The summed E-state index contributed by atoms with van der Waals surface area (Å²) in [4.78, 5) is 14.5. The molecular weight excluding hydrogens is 309 g/mol. The number of rotatable bonds is 5. The molecule has 4 nitrogen and oxygen atoms in total. The van der Waals surface area contributed by atoms with E-state index in [-0.39, 0.29) is 30.7 Å². The maximum Gasteiger partial charge on any atom is 0.251 e. The molecule has 0 aromatic heterocycles. The first-order valence-electron chi connectivity index (χ1n) is 6.85. The standard InChI is InChI=1S/C15H23N3O.2ClH/c1-10-4-5-12(16)8-14(10)15(19)17-9-11(2)18(3)13-6-7-13;;/h4-5,8,11,13H,6-7,9,16H2,1-3H3,(H,17,19);2*1H. The Morgan fingerprint density at radius 1 is 1.43 bits per heavy atom. The zero-order valence-corrected chi connectivity index (χ0v) is 14.4. The number of aryl methyl sites for hydroxylation is 1. The molecule has 120 valence electrons. The van der Waals surface area contributed by atoms with Gasteiger partial charge >= 0.3 is 0 Å². The summed E-state index contributed by atoms with van der Waals surface area (Å²) >= 11 is 0. The van der Waals surface area contributed by atoms with Gasteiger partial charge in [-0.3, -0.25) is 9.69 Å². The largest absolute Gasteiger partial charge is 0.399 e. The van der Waals surface area contributed by atoms with Crippen LogP contribution in [0, 0.1) is 6.92 Å². The van der Waals surface area contributed by atoms with Crippen molar-refractivity contribution in [2.24, 2.45) is 0 Å². The maximum atomic E-state index is 12.1. The summed E-state index contributed by atoms with van der Waals surface area (Å²) in [6.07, 6.45) is 2.56. The van der Waals surface area contributed by atoms with Crippen LogP contribution in [0.2, 0.25) is 0 Å². The van der Waals surface area contributed by atoms with Gasteiger partial charge in [-0.15, -0.1) is 24.8 Å². The van der Waals surface area contributed by atoms with Gasteiger partial charge in [0.15, 0.2) is 0 Å². The normalized spacial score (nSPS) is 14.9. The Morgan fingerprint density at radius 3 is 2.62 bits per heavy atom. The van der Waals surface area contributed by atoms with E-state index in [1.807, 2.05) is 19.1 Å². The summed E-state index contributed by atoms with van der Waals surface area (Å²) in [6, 6.07) is 6.50. The number of amides is 1. The van der Waals surface area contributed by atoms with Gasteiger partial charge in [-0.2, -0.15) is 0 Å². The molecule has 1 unspecified atom stereocenters. The van der Waals surface area contributed by atoms with E-state index in [4.69, 9.17) is 5.73 Å². The number of benzene rings is 1. The lowest BCUT2D eigenvalue weighted by Gasteiger charge is -2.24. The monoisotopic (exact) mass is 333 g/mol. The van der Waals surface area contributed by atoms with E-state index in [0.29, 0.717) is 29.9 Å². The quantitative estimate of drug-likeness (QED) is 0.814. The number of anilines is 1. The van der Waals surface area contributed by atoms with Gasteiger partial charge in [0.25, 0.3) is 5.91 Å². The average molecular weight is 334 g/mol. The molecule has 1 amide bonds. The number of hydrogen-bond acceptors (Lipinski definition) is 3. The van der Waals surface area contributed by atoms with Crippen LogP contribution < -0.4 is 11.1 Å². The molecule has 0 heterocycles. The molecule has 0 aliphatic heterocycles. The van der Waals surface area contributed by atoms with Crippen molar-refractivity contribution in [1.82, 2.24) is 10.2 Å². The van der Waals surface area contributed by atoms with Crippen molar-refractivity contribution in [3.05, 3.63) is 29.3 Å². The number of nitrogen functional groups attached to an aromatic ring is 1. The van der Waals surface area contributed by atoms with Crippen molar-refractivity contribution in [3.63, 3.8) is 0 Å². The lowest BCUT2D eigenvalue weighted by Crippen LogP contribution is -2.41. The Balaban J connectivity index is 0.00000200. The summed E-state index contributed by atoms with van der Waals surface area (Å²) in [7, 11) is 2.13. The molecular formula is C15H25Cl2N3O. The summed E-state index contributed by atoms with van der Waals surface area (Å²) in [5.41, 5.74) is 7.97. The Kier molecular flexibility index (Phi) is 8.08. The number of nitrogens with two attached hydrogens (primary N) is 1. The number of hydrogen-bond donors (Lipinski definition) is 2. The smallest absolute Gasteiger partial charge is 0.251 e. The molecule has 21 heavy (non-hydrogen) atoms. The first kappa shape index (κ1) is 20.0. The summed E-state index contributed by atoms with van der Waals surface area (Å²) < 4.78 is 0. The summed E-state index contributed by atoms with van der Waals surface area (Å²) in [6.45, 7) is 4.74. The Morgan fingerprint density at radius 2 is 2.05 bits per heavy atom. The van der Waals surface area contributed by atoms with Crippen LogP contribution in [0.1, 0.15) is 35.7 Å². The van der Waals surface area contributed by atoms with Gasteiger partial charge in [-0.1, -0.05) is 6.07 Å². The van der Waals surface area contributed by atoms with Crippen LogP contribution in [0.15, 0.2) is 18.2 Å². The van der Waals surface area contributed by atoms with E-state index >= 15 is 0 Å². The zero-order chi connectivity index (χ0) is 14.0. The molecule has 1 aliphatic rings. The second-order valence-electron chi connectivity index (χ2n) is 5.53. The first-order chi connectivity index (χ1) is 8.99. The number of carbonyl (C=O) groups is 1. The topological polar surface area (TPSA) is 58.4 Å². The minimum atomic E-state index is -0.0409. The Hall–Kier alpha value is -0.970. The Labute approximate surface area is 139 Å². The number of halogens is 2. The van der Waals surface area contributed by atoms with Gasteiger partial charge in [0.2, 0.25) is 0 Å². The van der Waals surface area contributed by atoms with Crippen molar-refractivity contribution in [2.45, 2.75) is 38.8 Å². The van der Waals surface area contributed by atoms with Gasteiger partial charge in [0.05, 0.1) is 0 Å². The third-order valence-corrected chi connectivity index (χ3v) is 3.88. The van der Waals surface area contributed by atoms with E-state index in [0.717, 1.165) is 5.56 Å². The predicted octanol–water partition coefficient (Wildman–Crippen LogP) is 2.63. The van der Waals surface area contributed by atoms with Crippen LogP contribution in [-0.4, -0.2) is 36.5 Å². The molecule has 0 bridgehead atoms. The minimum Gasteiger partial charge on any atom is -0.399 e. The minimum absolute atomic E-state index is 0. The van der Waals surface area contributed by atoms with Gasteiger partial charge in [0, 0.05) is 29.9 Å². The van der Waals surface area contributed by atoms with Crippen molar-refractivity contribution in [1.29, 1.82) is 0 Å². The average Bonchev–Trinajstić information content (AvgIpc) is 3.21. The zero-order valence-electron chi connectivity index (χ0n) is 12.8. The lowest BCUT2D eigenvalue weighted by atomic mass is 10.1. The Bertz CT molecular complexity index is 478. The summed E-state index contributed by atoms with van der Waals surface area (Å²) in [5, 5.41) is 2.99.